The Morgan fingerprint density at radius 1 is 0.969 bits per heavy atom. The molecule has 168 valence electrons. The van der Waals surface area contributed by atoms with Crippen molar-refractivity contribution in [3.8, 4) is 0 Å². The van der Waals surface area contributed by atoms with Crippen LogP contribution in [0.25, 0.3) is 0 Å². The van der Waals surface area contributed by atoms with Crippen molar-refractivity contribution < 1.29 is 22.0 Å². The van der Waals surface area contributed by atoms with Gasteiger partial charge in [-0.15, -0.1) is 0 Å². The quantitative estimate of drug-likeness (QED) is 0.583. The van der Waals surface area contributed by atoms with E-state index in [-0.39, 0.29) is 48.3 Å². The number of carbonyl (C=O) groups excluding carboxylic acids is 1. The van der Waals surface area contributed by atoms with Crippen LogP contribution in [0.1, 0.15) is 22.7 Å². The Kier molecular flexibility index (Phi) is 6.24. The lowest BCUT2D eigenvalue weighted by atomic mass is 10.3. The highest BCUT2D eigenvalue weighted by Gasteiger charge is 2.29. The van der Waals surface area contributed by atoms with Crippen LogP contribution in [-0.2, 0) is 16.6 Å². The lowest BCUT2D eigenvalue weighted by Crippen LogP contribution is -2.37. The predicted molar refractivity (Wildman–Crippen MR) is 114 cm³/mol. The van der Waals surface area contributed by atoms with Crippen LogP contribution in [0.4, 0.5) is 4.39 Å². The van der Waals surface area contributed by atoms with Crippen LogP contribution in [0, 0.1) is 5.82 Å². The molecule has 1 amide bonds. The van der Waals surface area contributed by atoms with Gasteiger partial charge in [-0.25, -0.2) is 12.8 Å². The number of sulfonamides is 1. The van der Waals surface area contributed by atoms with Gasteiger partial charge in [-0.3, -0.25) is 9.59 Å². The van der Waals surface area contributed by atoms with E-state index in [4.69, 9.17) is 4.42 Å². The van der Waals surface area contributed by atoms with Crippen molar-refractivity contribution in [2.45, 2.75) is 17.9 Å². The third-order valence-corrected chi connectivity index (χ3v) is 7.20. The van der Waals surface area contributed by atoms with E-state index in [1.807, 2.05) is 0 Å². The number of hydrogen-bond donors (Lipinski definition) is 0. The number of halogens is 1. The summed E-state index contributed by atoms with van der Waals surface area (Å²) in [5.74, 6) is -0.236. The Balaban J connectivity index is 1.43. The Morgan fingerprint density at radius 3 is 2.50 bits per heavy atom. The Labute approximate surface area is 184 Å². The first-order chi connectivity index (χ1) is 15.3. The van der Waals surface area contributed by atoms with Gasteiger partial charge in [0.25, 0.3) is 11.5 Å². The minimum atomic E-state index is -3.78. The van der Waals surface area contributed by atoms with Crippen molar-refractivity contribution in [2.75, 3.05) is 26.2 Å². The third kappa shape index (κ3) is 4.66. The number of carbonyl (C=O) groups is 1. The number of amides is 1. The van der Waals surface area contributed by atoms with E-state index < -0.39 is 15.8 Å². The van der Waals surface area contributed by atoms with Gasteiger partial charge in [0, 0.05) is 38.4 Å². The highest BCUT2D eigenvalue weighted by atomic mass is 32.2. The van der Waals surface area contributed by atoms with Gasteiger partial charge < -0.3 is 13.9 Å². The summed E-state index contributed by atoms with van der Waals surface area (Å²) in [6.07, 6.45) is 2.09. The SMILES string of the molecule is O=C(c1ccc(Cn2ccccc2=O)o1)N1CCCN(S(=O)(=O)c2ccc(F)cc2)CC1. The zero-order chi connectivity index (χ0) is 22.7. The smallest absolute Gasteiger partial charge is 0.289 e. The molecular weight excluding hydrogens is 437 g/mol. The molecule has 0 N–H and O–H groups in total. The zero-order valence-corrected chi connectivity index (χ0v) is 18.0. The van der Waals surface area contributed by atoms with Crippen LogP contribution in [-0.4, -0.2) is 54.3 Å². The van der Waals surface area contributed by atoms with Crippen LogP contribution in [0.2, 0.25) is 0 Å². The van der Waals surface area contributed by atoms with Gasteiger partial charge in [-0.1, -0.05) is 6.07 Å². The summed E-state index contributed by atoms with van der Waals surface area (Å²) in [5.41, 5.74) is -0.174. The van der Waals surface area contributed by atoms with E-state index in [2.05, 4.69) is 0 Å². The van der Waals surface area contributed by atoms with Crippen LogP contribution < -0.4 is 5.56 Å². The van der Waals surface area contributed by atoms with Crippen LogP contribution in [0.15, 0.2) is 74.9 Å². The summed E-state index contributed by atoms with van der Waals surface area (Å²) in [7, 11) is -3.78. The van der Waals surface area contributed by atoms with Crippen molar-refractivity contribution in [3.05, 3.63) is 88.5 Å². The summed E-state index contributed by atoms with van der Waals surface area (Å²) in [6.45, 7) is 1.16. The average Bonchev–Trinajstić information content (AvgIpc) is 3.09. The van der Waals surface area contributed by atoms with E-state index in [0.717, 1.165) is 12.1 Å². The topological polar surface area (TPSA) is 92.8 Å². The second-order valence-corrected chi connectivity index (χ2v) is 9.37. The monoisotopic (exact) mass is 459 g/mol. The van der Waals surface area contributed by atoms with Gasteiger partial charge in [-0.05, 0) is 48.9 Å². The Bertz CT molecular complexity index is 1270. The lowest BCUT2D eigenvalue weighted by Gasteiger charge is -2.21. The fourth-order valence-electron chi connectivity index (χ4n) is 3.59. The second kappa shape index (κ2) is 9.09. The molecule has 32 heavy (non-hydrogen) atoms. The molecule has 10 heteroatoms. The summed E-state index contributed by atoms with van der Waals surface area (Å²) < 4.78 is 47.3. The van der Waals surface area contributed by atoms with Crippen molar-refractivity contribution in [1.82, 2.24) is 13.8 Å². The lowest BCUT2D eigenvalue weighted by molar-refractivity contribution is 0.0730. The van der Waals surface area contributed by atoms with Crippen molar-refractivity contribution >= 4 is 15.9 Å². The van der Waals surface area contributed by atoms with E-state index in [1.165, 1.54) is 27.1 Å². The van der Waals surface area contributed by atoms with Gasteiger partial charge in [0.2, 0.25) is 10.0 Å². The number of hydrogen-bond acceptors (Lipinski definition) is 5. The molecule has 3 heterocycles. The highest BCUT2D eigenvalue weighted by Crippen LogP contribution is 2.19. The van der Waals surface area contributed by atoms with Crippen LogP contribution >= 0.6 is 0 Å². The molecule has 1 saturated heterocycles. The minimum Gasteiger partial charge on any atom is -0.454 e. The summed E-state index contributed by atoms with van der Waals surface area (Å²) in [5, 5.41) is 0. The molecule has 1 fully saturated rings. The second-order valence-electron chi connectivity index (χ2n) is 7.44. The molecule has 0 bridgehead atoms. The summed E-state index contributed by atoms with van der Waals surface area (Å²) in [6, 6.07) is 12.7. The minimum absolute atomic E-state index is 0.0190. The fourth-order valence-corrected chi connectivity index (χ4v) is 5.06. The predicted octanol–water partition coefficient (Wildman–Crippen LogP) is 2.17. The molecule has 0 aliphatic carbocycles. The maximum absolute atomic E-state index is 13.1. The van der Waals surface area contributed by atoms with Gasteiger partial charge in [-0.2, -0.15) is 4.31 Å². The first-order valence-corrected chi connectivity index (χ1v) is 11.6. The number of pyridine rings is 1. The molecule has 0 saturated carbocycles. The molecule has 4 rings (SSSR count). The molecule has 0 unspecified atom stereocenters. The standard InChI is InChI=1S/C22H22FN3O5S/c23-17-5-8-19(9-6-17)32(29,30)26-13-3-12-24(14-15-26)22(28)20-10-7-18(31-20)16-25-11-2-1-4-21(25)27/h1-2,4-11H,3,12-16H2. The number of aromatic nitrogens is 1. The van der Waals surface area contributed by atoms with E-state index in [0.29, 0.717) is 18.7 Å². The van der Waals surface area contributed by atoms with Crippen molar-refractivity contribution in [2.24, 2.45) is 0 Å². The zero-order valence-electron chi connectivity index (χ0n) is 17.2. The number of rotatable bonds is 5. The Morgan fingerprint density at radius 2 is 1.75 bits per heavy atom. The normalized spacial score (nSPS) is 15.5. The molecule has 1 aromatic carbocycles. The first kappa shape index (κ1) is 22.0. The van der Waals surface area contributed by atoms with E-state index >= 15 is 0 Å². The molecule has 0 atom stereocenters. The van der Waals surface area contributed by atoms with Crippen LogP contribution in [0.3, 0.4) is 0 Å². The van der Waals surface area contributed by atoms with Crippen molar-refractivity contribution in [3.63, 3.8) is 0 Å². The molecular formula is C22H22FN3O5S. The third-order valence-electron chi connectivity index (χ3n) is 5.29. The molecule has 0 spiro atoms. The maximum atomic E-state index is 13.1. The molecule has 8 nitrogen and oxygen atoms in total. The number of furan rings is 1. The maximum Gasteiger partial charge on any atom is 0.289 e. The molecule has 0 radical (unpaired) electrons. The molecule has 1 aliphatic rings. The average molecular weight is 459 g/mol. The van der Waals surface area contributed by atoms with Crippen LogP contribution in [0.5, 0.6) is 0 Å². The fraction of sp³-hybridized carbons (Fsp3) is 0.273. The molecule has 2 aromatic heterocycles. The first-order valence-electron chi connectivity index (χ1n) is 10.1. The van der Waals surface area contributed by atoms with E-state index in [9.17, 15) is 22.4 Å². The van der Waals surface area contributed by atoms with Gasteiger partial charge in [0.05, 0.1) is 11.4 Å². The molecule has 1 aliphatic heterocycles. The Hall–Kier alpha value is -3.24. The van der Waals surface area contributed by atoms with Gasteiger partial charge in [0.1, 0.15) is 11.6 Å². The molecule has 3 aromatic rings. The summed E-state index contributed by atoms with van der Waals surface area (Å²) in [4.78, 5) is 26.3. The largest absolute Gasteiger partial charge is 0.454 e. The number of nitrogens with zero attached hydrogens (tertiary/aromatic N) is 3. The van der Waals surface area contributed by atoms with Crippen molar-refractivity contribution in [1.29, 1.82) is 0 Å². The van der Waals surface area contributed by atoms with Gasteiger partial charge in [0.15, 0.2) is 5.76 Å². The highest BCUT2D eigenvalue weighted by molar-refractivity contribution is 7.89. The number of benzene rings is 1. The summed E-state index contributed by atoms with van der Waals surface area (Å²) >= 11 is 0. The van der Waals surface area contributed by atoms with Gasteiger partial charge >= 0.3 is 0 Å². The van der Waals surface area contributed by atoms with E-state index in [1.54, 1.807) is 35.4 Å².